The number of nitrogens with one attached hydrogen (secondary N) is 2. The Hall–Kier alpha value is -2.09. The highest BCUT2D eigenvalue weighted by Gasteiger charge is 2.27. The Morgan fingerprint density at radius 3 is 3.00 bits per heavy atom. The lowest BCUT2D eigenvalue weighted by atomic mass is 10.1. The van der Waals surface area contributed by atoms with Gasteiger partial charge in [-0.2, -0.15) is 5.10 Å². The van der Waals surface area contributed by atoms with Gasteiger partial charge in [-0.25, -0.2) is 9.48 Å². The molecule has 1 unspecified atom stereocenters. The summed E-state index contributed by atoms with van der Waals surface area (Å²) in [6.07, 6.45) is 3.22. The molecule has 0 bridgehead atoms. The van der Waals surface area contributed by atoms with Crippen LogP contribution < -0.4 is 10.6 Å². The van der Waals surface area contributed by atoms with Gasteiger partial charge in [-0.3, -0.25) is 10.1 Å². The Kier molecular flexibility index (Phi) is 5.37. The number of urea groups is 1. The predicted octanol–water partition coefficient (Wildman–Crippen LogP) is 0.187. The van der Waals surface area contributed by atoms with Gasteiger partial charge in [-0.05, 0) is 26.9 Å². The molecule has 0 radical (unpaired) electrons. The first-order valence-corrected chi connectivity index (χ1v) is 7.46. The molecule has 1 aliphatic rings. The molecule has 1 fully saturated rings. The maximum Gasteiger partial charge on any atom is 0.321 e. The van der Waals surface area contributed by atoms with Gasteiger partial charge in [0.05, 0.1) is 12.7 Å². The van der Waals surface area contributed by atoms with Crippen molar-refractivity contribution in [2.24, 2.45) is 0 Å². The number of rotatable bonds is 5. The molecule has 1 aliphatic heterocycles. The molecule has 0 saturated carbocycles. The summed E-state index contributed by atoms with van der Waals surface area (Å²) in [5.41, 5.74) is 0. The summed E-state index contributed by atoms with van der Waals surface area (Å²) in [6, 6.07) is 0.918. The average molecular weight is 308 g/mol. The number of anilines is 1. The number of nitrogens with zero attached hydrogens (tertiary/aromatic N) is 4. The molecule has 1 saturated heterocycles. The number of likely N-dealkylation sites (N-methyl/N-ethyl adjacent to an activating group) is 2. The quantitative estimate of drug-likeness (QED) is 0.813. The summed E-state index contributed by atoms with van der Waals surface area (Å²) in [5, 5.41) is 9.68. The van der Waals surface area contributed by atoms with E-state index < -0.39 is 6.04 Å². The molecular formula is C14H24N6O2. The van der Waals surface area contributed by atoms with E-state index in [0.717, 1.165) is 19.5 Å². The van der Waals surface area contributed by atoms with Crippen LogP contribution in [0.2, 0.25) is 0 Å². The van der Waals surface area contributed by atoms with Crippen molar-refractivity contribution < 1.29 is 9.59 Å². The molecule has 1 aromatic heterocycles. The second-order valence-electron chi connectivity index (χ2n) is 5.80. The first-order chi connectivity index (χ1) is 10.5. The van der Waals surface area contributed by atoms with Crippen LogP contribution in [-0.2, 0) is 11.3 Å². The zero-order chi connectivity index (χ0) is 16.1. The zero-order valence-corrected chi connectivity index (χ0v) is 13.4. The lowest BCUT2D eigenvalue weighted by Gasteiger charge is -2.29. The van der Waals surface area contributed by atoms with Crippen molar-refractivity contribution in [3.63, 3.8) is 0 Å². The molecule has 8 heteroatoms. The third-order valence-corrected chi connectivity index (χ3v) is 3.68. The number of carbonyl (C=O) groups excluding carboxylic acids is 2. The molecule has 0 aromatic carbocycles. The van der Waals surface area contributed by atoms with E-state index in [-0.39, 0.29) is 11.9 Å². The zero-order valence-electron chi connectivity index (χ0n) is 13.4. The third-order valence-electron chi connectivity index (χ3n) is 3.68. The maximum absolute atomic E-state index is 12.1. The molecular weight excluding hydrogens is 284 g/mol. The summed E-state index contributed by atoms with van der Waals surface area (Å²) in [7, 11) is 5.72. The van der Waals surface area contributed by atoms with Crippen LogP contribution in [0.5, 0.6) is 0 Å². The molecule has 2 N–H and O–H groups in total. The molecule has 1 aromatic rings. The highest BCUT2D eigenvalue weighted by Crippen LogP contribution is 2.11. The average Bonchev–Trinajstić information content (AvgIpc) is 2.89. The normalized spacial score (nSPS) is 18.6. The summed E-state index contributed by atoms with van der Waals surface area (Å²) < 4.78 is 1.73. The predicted molar refractivity (Wildman–Crippen MR) is 83.6 cm³/mol. The van der Waals surface area contributed by atoms with Gasteiger partial charge in [-0.1, -0.05) is 0 Å². The van der Waals surface area contributed by atoms with E-state index in [1.165, 1.54) is 0 Å². The van der Waals surface area contributed by atoms with Crippen LogP contribution >= 0.6 is 0 Å². The Balaban J connectivity index is 1.89. The molecule has 0 spiro atoms. The van der Waals surface area contributed by atoms with E-state index in [0.29, 0.717) is 18.8 Å². The van der Waals surface area contributed by atoms with Crippen LogP contribution in [0.4, 0.5) is 10.6 Å². The van der Waals surface area contributed by atoms with Crippen LogP contribution in [0.15, 0.2) is 12.3 Å². The number of aromatic nitrogens is 2. The van der Waals surface area contributed by atoms with E-state index in [9.17, 15) is 9.59 Å². The summed E-state index contributed by atoms with van der Waals surface area (Å²) >= 11 is 0. The number of piperidine rings is 1. The topological polar surface area (TPSA) is 82.5 Å². The molecule has 2 rings (SSSR count). The van der Waals surface area contributed by atoms with Crippen molar-refractivity contribution in [2.75, 3.05) is 39.5 Å². The monoisotopic (exact) mass is 308 g/mol. The van der Waals surface area contributed by atoms with Crippen molar-refractivity contribution in [1.82, 2.24) is 24.9 Å². The van der Waals surface area contributed by atoms with Crippen LogP contribution in [0.1, 0.15) is 12.8 Å². The van der Waals surface area contributed by atoms with Crippen molar-refractivity contribution >= 4 is 17.8 Å². The van der Waals surface area contributed by atoms with Crippen molar-refractivity contribution in [3.05, 3.63) is 12.3 Å². The minimum absolute atomic E-state index is 0.0393. The minimum atomic E-state index is -0.447. The molecule has 2 heterocycles. The van der Waals surface area contributed by atoms with E-state index in [2.05, 4.69) is 15.7 Å². The van der Waals surface area contributed by atoms with Gasteiger partial charge in [0.2, 0.25) is 5.91 Å². The molecule has 0 aliphatic carbocycles. The van der Waals surface area contributed by atoms with Gasteiger partial charge in [0.1, 0.15) is 11.9 Å². The van der Waals surface area contributed by atoms with E-state index in [1.54, 1.807) is 28.9 Å². The fourth-order valence-corrected chi connectivity index (χ4v) is 2.39. The standard InChI is InChI=1S/C14H24N6O2/c1-18(2)9-10-20-12(6-7-15-20)17-14(22)16-11-5-4-8-19(3)13(11)21/h6-7,11H,4-5,8-10H2,1-3H3,(H2,16,17,22). The van der Waals surface area contributed by atoms with Crippen molar-refractivity contribution in [2.45, 2.75) is 25.4 Å². The Morgan fingerprint density at radius 2 is 2.27 bits per heavy atom. The smallest absolute Gasteiger partial charge is 0.321 e. The Labute approximate surface area is 130 Å². The lowest BCUT2D eigenvalue weighted by molar-refractivity contribution is -0.134. The van der Waals surface area contributed by atoms with E-state index >= 15 is 0 Å². The fourth-order valence-electron chi connectivity index (χ4n) is 2.39. The maximum atomic E-state index is 12.1. The summed E-state index contributed by atoms with van der Waals surface area (Å²) in [6.45, 7) is 2.25. The number of carbonyl (C=O) groups is 2. The molecule has 3 amide bonds. The molecule has 122 valence electrons. The SMILES string of the molecule is CN(C)CCn1nccc1NC(=O)NC1CCCN(C)C1=O. The number of hydrogen-bond donors (Lipinski definition) is 2. The third kappa shape index (κ3) is 4.20. The van der Waals surface area contributed by atoms with Gasteiger partial charge in [0.15, 0.2) is 0 Å². The van der Waals surface area contributed by atoms with Gasteiger partial charge in [0, 0.05) is 26.2 Å². The van der Waals surface area contributed by atoms with E-state index in [4.69, 9.17) is 0 Å². The summed E-state index contributed by atoms with van der Waals surface area (Å²) in [4.78, 5) is 27.7. The second kappa shape index (κ2) is 7.26. The fraction of sp³-hybridized carbons (Fsp3) is 0.643. The molecule has 22 heavy (non-hydrogen) atoms. The Morgan fingerprint density at radius 1 is 1.50 bits per heavy atom. The summed E-state index contributed by atoms with van der Waals surface area (Å²) in [5.74, 6) is 0.582. The number of amides is 3. The highest BCUT2D eigenvalue weighted by molar-refractivity contribution is 5.93. The van der Waals surface area contributed by atoms with E-state index in [1.807, 2.05) is 19.0 Å². The van der Waals surface area contributed by atoms with Crippen LogP contribution in [0, 0.1) is 0 Å². The highest BCUT2D eigenvalue weighted by atomic mass is 16.2. The number of hydrogen-bond acceptors (Lipinski definition) is 4. The Bertz CT molecular complexity index is 527. The second-order valence-corrected chi connectivity index (χ2v) is 5.80. The van der Waals surface area contributed by atoms with Gasteiger partial charge in [0.25, 0.3) is 0 Å². The first-order valence-electron chi connectivity index (χ1n) is 7.46. The molecule has 1 atom stereocenters. The van der Waals surface area contributed by atoms with Crippen LogP contribution in [0.3, 0.4) is 0 Å². The minimum Gasteiger partial charge on any atom is -0.344 e. The lowest BCUT2D eigenvalue weighted by Crippen LogP contribution is -2.51. The largest absolute Gasteiger partial charge is 0.344 e. The van der Waals surface area contributed by atoms with Crippen molar-refractivity contribution in [3.8, 4) is 0 Å². The van der Waals surface area contributed by atoms with Crippen molar-refractivity contribution in [1.29, 1.82) is 0 Å². The van der Waals surface area contributed by atoms with Crippen LogP contribution in [0.25, 0.3) is 0 Å². The number of likely N-dealkylation sites (tertiary alicyclic amines) is 1. The van der Waals surface area contributed by atoms with Gasteiger partial charge < -0.3 is 15.1 Å². The van der Waals surface area contributed by atoms with Crippen LogP contribution in [-0.4, -0.2) is 71.8 Å². The first kappa shape index (κ1) is 16.3. The van der Waals surface area contributed by atoms with Gasteiger partial charge in [-0.15, -0.1) is 0 Å². The van der Waals surface area contributed by atoms with Gasteiger partial charge >= 0.3 is 6.03 Å². The molecule has 8 nitrogen and oxygen atoms in total.